The SMILES string of the molecule is COc1ccc(S(=O)(=O)Nc2ccc(C#N)cc2)c(N)c1. The molecule has 0 heterocycles. The quantitative estimate of drug-likeness (QED) is 0.840. The van der Waals surface area contributed by atoms with E-state index >= 15 is 0 Å². The molecule has 0 unspecified atom stereocenters. The number of hydrogen-bond acceptors (Lipinski definition) is 5. The van der Waals surface area contributed by atoms with Crippen LogP contribution in [0.3, 0.4) is 0 Å². The van der Waals surface area contributed by atoms with Crippen molar-refractivity contribution in [3.8, 4) is 11.8 Å². The number of nitrogen functional groups attached to an aromatic ring is 1. The second kappa shape index (κ2) is 5.73. The van der Waals surface area contributed by atoms with E-state index in [0.717, 1.165) is 0 Å². The third-order valence-corrected chi connectivity index (χ3v) is 4.23. The molecular formula is C14H13N3O3S. The zero-order valence-electron chi connectivity index (χ0n) is 11.2. The molecule has 0 saturated heterocycles. The van der Waals surface area contributed by atoms with Crippen molar-refractivity contribution in [3.05, 3.63) is 48.0 Å². The number of anilines is 2. The Hall–Kier alpha value is -2.72. The van der Waals surface area contributed by atoms with Gasteiger partial charge in [-0.3, -0.25) is 4.72 Å². The number of nitrogens with one attached hydrogen (secondary N) is 1. The fraction of sp³-hybridized carbons (Fsp3) is 0.0714. The maximum Gasteiger partial charge on any atom is 0.263 e. The first-order valence-corrected chi connectivity index (χ1v) is 7.41. The van der Waals surface area contributed by atoms with Crippen molar-refractivity contribution in [3.63, 3.8) is 0 Å². The second-order valence-corrected chi connectivity index (χ2v) is 5.85. The van der Waals surface area contributed by atoms with E-state index in [4.69, 9.17) is 15.7 Å². The summed E-state index contributed by atoms with van der Waals surface area (Å²) in [5.41, 5.74) is 6.63. The Labute approximate surface area is 122 Å². The lowest BCUT2D eigenvalue weighted by atomic mass is 10.2. The molecule has 0 radical (unpaired) electrons. The van der Waals surface area contributed by atoms with Crippen molar-refractivity contribution in [1.29, 1.82) is 5.26 Å². The van der Waals surface area contributed by atoms with Crippen LogP contribution in [0.2, 0.25) is 0 Å². The number of rotatable bonds is 4. The molecule has 2 rings (SSSR count). The predicted octanol–water partition coefficient (Wildman–Crippen LogP) is 1.95. The summed E-state index contributed by atoms with van der Waals surface area (Å²) in [4.78, 5) is -0.0346. The third-order valence-electron chi connectivity index (χ3n) is 2.77. The average Bonchev–Trinajstić information content (AvgIpc) is 2.47. The number of nitriles is 1. The fourth-order valence-electron chi connectivity index (χ4n) is 1.72. The molecule has 0 fully saturated rings. The smallest absolute Gasteiger partial charge is 0.263 e. The summed E-state index contributed by atoms with van der Waals surface area (Å²) in [6.07, 6.45) is 0. The number of methoxy groups -OCH3 is 1. The third kappa shape index (κ3) is 3.24. The Morgan fingerprint density at radius 3 is 2.38 bits per heavy atom. The molecule has 0 bridgehead atoms. The minimum Gasteiger partial charge on any atom is -0.497 e. The molecule has 0 atom stereocenters. The van der Waals surface area contributed by atoms with Gasteiger partial charge in [0.15, 0.2) is 0 Å². The molecule has 0 aliphatic carbocycles. The van der Waals surface area contributed by atoms with Crippen LogP contribution in [0.5, 0.6) is 5.75 Å². The summed E-state index contributed by atoms with van der Waals surface area (Å²) in [6.45, 7) is 0. The number of nitrogens with zero attached hydrogens (tertiary/aromatic N) is 1. The lowest BCUT2D eigenvalue weighted by molar-refractivity contribution is 0.414. The molecule has 7 heteroatoms. The number of hydrogen-bond donors (Lipinski definition) is 2. The maximum atomic E-state index is 12.3. The number of nitrogens with two attached hydrogens (primary N) is 1. The molecule has 0 amide bonds. The first-order chi connectivity index (χ1) is 9.96. The van der Waals surface area contributed by atoms with E-state index in [-0.39, 0.29) is 10.6 Å². The Bertz CT molecular complexity index is 793. The predicted molar refractivity (Wildman–Crippen MR) is 79.4 cm³/mol. The molecule has 0 aliphatic rings. The fourth-order valence-corrected chi connectivity index (χ4v) is 2.89. The first kappa shape index (κ1) is 14.7. The Morgan fingerprint density at radius 2 is 1.86 bits per heavy atom. The van der Waals surface area contributed by atoms with Crippen molar-refractivity contribution in [1.82, 2.24) is 0 Å². The van der Waals surface area contributed by atoms with Crippen LogP contribution in [0.4, 0.5) is 11.4 Å². The van der Waals surface area contributed by atoms with Gasteiger partial charge in [0, 0.05) is 11.8 Å². The van der Waals surface area contributed by atoms with Crippen LogP contribution in [-0.4, -0.2) is 15.5 Å². The Balaban J connectivity index is 2.31. The van der Waals surface area contributed by atoms with E-state index < -0.39 is 10.0 Å². The zero-order valence-corrected chi connectivity index (χ0v) is 12.0. The normalized spacial score (nSPS) is 10.7. The zero-order chi connectivity index (χ0) is 15.5. The molecular weight excluding hydrogens is 290 g/mol. The highest BCUT2D eigenvalue weighted by Gasteiger charge is 2.18. The summed E-state index contributed by atoms with van der Waals surface area (Å²) in [5, 5.41) is 8.71. The van der Waals surface area contributed by atoms with E-state index in [0.29, 0.717) is 17.0 Å². The van der Waals surface area contributed by atoms with Gasteiger partial charge in [-0.25, -0.2) is 8.42 Å². The van der Waals surface area contributed by atoms with Crippen molar-refractivity contribution >= 4 is 21.4 Å². The summed E-state index contributed by atoms with van der Waals surface area (Å²) >= 11 is 0. The van der Waals surface area contributed by atoms with Gasteiger partial charge in [0.25, 0.3) is 10.0 Å². The van der Waals surface area contributed by atoms with Crippen LogP contribution in [-0.2, 0) is 10.0 Å². The van der Waals surface area contributed by atoms with Gasteiger partial charge in [-0.1, -0.05) is 0 Å². The van der Waals surface area contributed by atoms with Gasteiger partial charge in [-0.15, -0.1) is 0 Å². The van der Waals surface area contributed by atoms with E-state index in [1.165, 1.54) is 49.6 Å². The van der Waals surface area contributed by atoms with Crippen molar-refractivity contribution in [2.45, 2.75) is 4.90 Å². The van der Waals surface area contributed by atoms with Crippen molar-refractivity contribution in [2.75, 3.05) is 17.6 Å². The molecule has 21 heavy (non-hydrogen) atoms. The van der Waals surface area contributed by atoms with Crippen LogP contribution in [0.1, 0.15) is 5.56 Å². The maximum absolute atomic E-state index is 12.3. The minimum atomic E-state index is -3.80. The van der Waals surface area contributed by atoms with E-state index in [2.05, 4.69) is 4.72 Å². The highest BCUT2D eigenvalue weighted by molar-refractivity contribution is 7.92. The molecule has 108 valence electrons. The summed E-state index contributed by atoms with van der Waals surface area (Å²) < 4.78 is 31.9. The molecule has 3 N–H and O–H groups in total. The summed E-state index contributed by atoms with van der Waals surface area (Å²) in [7, 11) is -2.33. The Morgan fingerprint density at radius 1 is 1.19 bits per heavy atom. The number of sulfonamides is 1. The van der Waals surface area contributed by atoms with Gasteiger partial charge in [-0.2, -0.15) is 5.26 Å². The summed E-state index contributed by atoms with van der Waals surface area (Å²) in [5.74, 6) is 0.477. The molecule has 0 aliphatic heterocycles. The van der Waals surface area contributed by atoms with E-state index in [1.807, 2.05) is 6.07 Å². The van der Waals surface area contributed by atoms with Gasteiger partial charge in [-0.05, 0) is 36.4 Å². The van der Waals surface area contributed by atoms with Gasteiger partial charge in [0.2, 0.25) is 0 Å². The highest BCUT2D eigenvalue weighted by atomic mass is 32.2. The minimum absolute atomic E-state index is 0.0346. The molecule has 6 nitrogen and oxygen atoms in total. The average molecular weight is 303 g/mol. The Kier molecular flexibility index (Phi) is 4.00. The molecule has 0 aromatic heterocycles. The largest absolute Gasteiger partial charge is 0.497 e. The van der Waals surface area contributed by atoms with Crippen LogP contribution in [0.25, 0.3) is 0 Å². The number of ether oxygens (including phenoxy) is 1. The van der Waals surface area contributed by atoms with Crippen molar-refractivity contribution < 1.29 is 13.2 Å². The standard InChI is InChI=1S/C14H13N3O3S/c1-20-12-6-7-14(13(16)8-12)21(18,19)17-11-4-2-10(9-15)3-5-11/h2-8,17H,16H2,1H3. The highest BCUT2D eigenvalue weighted by Crippen LogP contribution is 2.25. The van der Waals surface area contributed by atoms with Crippen LogP contribution in [0, 0.1) is 11.3 Å². The summed E-state index contributed by atoms with van der Waals surface area (Å²) in [6, 6.07) is 12.4. The lowest BCUT2D eigenvalue weighted by Crippen LogP contribution is -2.14. The van der Waals surface area contributed by atoms with Crippen LogP contribution in [0.15, 0.2) is 47.4 Å². The van der Waals surface area contributed by atoms with Gasteiger partial charge in [0.05, 0.1) is 24.4 Å². The van der Waals surface area contributed by atoms with Crippen molar-refractivity contribution in [2.24, 2.45) is 0 Å². The lowest BCUT2D eigenvalue weighted by Gasteiger charge is -2.11. The van der Waals surface area contributed by atoms with E-state index in [1.54, 1.807) is 0 Å². The topological polar surface area (TPSA) is 105 Å². The number of benzene rings is 2. The second-order valence-electron chi connectivity index (χ2n) is 4.20. The monoisotopic (exact) mass is 303 g/mol. The van der Waals surface area contributed by atoms with E-state index in [9.17, 15) is 8.42 Å². The first-order valence-electron chi connectivity index (χ1n) is 5.93. The van der Waals surface area contributed by atoms with Gasteiger partial charge in [0.1, 0.15) is 10.6 Å². The molecule has 2 aromatic rings. The van der Waals surface area contributed by atoms with Gasteiger partial charge >= 0.3 is 0 Å². The van der Waals surface area contributed by atoms with Crippen LogP contribution < -0.4 is 15.2 Å². The molecule has 0 saturated carbocycles. The van der Waals surface area contributed by atoms with Crippen LogP contribution >= 0.6 is 0 Å². The molecule has 0 spiro atoms. The van der Waals surface area contributed by atoms with Gasteiger partial charge < -0.3 is 10.5 Å². The molecule has 2 aromatic carbocycles.